The number of carbonyl (C=O) groups excluding carboxylic acids is 1. The van der Waals surface area contributed by atoms with E-state index in [-0.39, 0.29) is 11.3 Å². The van der Waals surface area contributed by atoms with Crippen LogP contribution < -0.4 is 5.32 Å². The van der Waals surface area contributed by atoms with Crippen molar-refractivity contribution in [3.63, 3.8) is 0 Å². The number of anilines is 1. The maximum absolute atomic E-state index is 12.6. The molecule has 28 heavy (non-hydrogen) atoms. The van der Waals surface area contributed by atoms with Gasteiger partial charge < -0.3 is 0 Å². The summed E-state index contributed by atoms with van der Waals surface area (Å²) in [6, 6.07) is 18.8. The number of rotatable bonds is 4. The fourth-order valence-corrected chi connectivity index (χ4v) is 3.78. The van der Waals surface area contributed by atoms with E-state index in [0.717, 1.165) is 22.0 Å². The quantitative estimate of drug-likeness (QED) is 0.372. The van der Waals surface area contributed by atoms with E-state index in [9.17, 15) is 14.9 Å². The molecule has 0 saturated heterocycles. The van der Waals surface area contributed by atoms with E-state index in [0.29, 0.717) is 10.7 Å². The summed E-state index contributed by atoms with van der Waals surface area (Å²) in [4.78, 5) is 27.8. The topological polar surface area (TPSA) is 85.1 Å². The largest absolute Gasteiger partial charge is 0.298 e. The van der Waals surface area contributed by atoms with E-state index < -0.39 is 10.8 Å². The van der Waals surface area contributed by atoms with Crippen molar-refractivity contribution in [1.29, 1.82) is 0 Å². The van der Waals surface area contributed by atoms with Gasteiger partial charge in [0, 0.05) is 16.5 Å². The van der Waals surface area contributed by atoms with Crippen molar-refractivity contribution in [1.82, 2.24) is 4.98 Å². The minimum atomic E-state index is -0.546. The second-order valence-electron chi connectivity index (χ2n) is 6.28. The Balaban J connectivity index is 1.61. The second-order valence-corrected chi connectivity index (χ2v) is 7.14. The summed E-state index contributed by atoms with van der Waals surface area (Å²) in [6.45, 7) is 1.61. The molecule has 0 radical (unpaired) electrons. The van der Waals surface area contributed by atoms with Crippen LogP contribution in [0.1, 0.15) is 15.9 Å². The van der Waals surface area contributed by atoms with Crippen molar-refractivity contribution in [3.05, 3.63) is 87.3 Å². The number of benzene rings is 3. The number of aromatic nitrogens is 1. The van der Waals surface area contributed by atoms with E-state index in [1.54, 1.807) is 19.1 Å². The Labute approximate surface area is 164 Å². The van der Waals surface area contributed by atoms with Gasteiger partial charge in [-0.15, -0.1) is 11.3 Å². The van der Waals surface area contributed by atoms with Crippen LogP contribution in [-0.4, -0.2) is 15.8 Å². The average molecular weight is 389 g/mol. The fourth-order valence-electron chi connectivity index (χ4n) is 3.06. The van der Waals surface area contributed by atoms with Crippen LogP contribution in [0.15, 0.2) is 66.0 Å². The van der Waals surface area contributed by atoms with Gasteiger partial charge in [-0.2, -0.15) is 0 Å². The number of nitrogens with one attached hydrogen (secondary N) is 1. The van der Waals surface area contributed by atoms with Crippen LogP contribution in [0.5, 0.6) is 0 Å². The lowest BCUT2D eigenvalue weighted by Gasteiger charge is -2.05. The Bertz CT molecular complexity index is 1220. The average Bonchev–Trinajstić information content (AvgIpc) is 3.15. The third-order valence-corrected chi connectivity index (χ3v) is 5.19. The highest BCUT2D eigenvalue weighted by atomic mass is 32.1. The van der Waals surface area contributed by atoms with E-state index in [4.69, 9.17) is 0 Å². The predicted octanol–water partition coefficient (Wildman–Crippen LogP) is 5.43. The SMILES string of the molecule is Cc1cccc(C(=O)Nc2nc(-c3ccc4ccccc4c3)cs2)c1[N+](=O)[O-]. The number of carbonyl (C=O) groups is 1. The van der Waals surface area contributed by atoms with Crippen molar-refractivity contribution in [2.45, 2.75) is 6.92 Å². The molecular formula is C21H15N3O3S. The van der Waals surface area contributed by atoms with Crippen LogP contribution in [0.3, 0.4) is 0 Å². The number of nitro benzene ring substituents is 1. The molecule has 7 heteroatoms. The molecule has 1 aromatic heterocycles. The maximum Gasteiger partial charge on any atom is 0.285 e. The lowest BCUT2D eigenvalue weighted by atomic mass is 10.1. The number of amides is 1. The zero-order valence-electron chi connectivity index (χ0n) is 14.9. The van der Waals surface area contributed by atoms with Gasteiger partial charge in [-0.1, -0.05) is 48.5 Å². The summed E-state index contributed by atoms with van der Waals surface area (Å²) < 4.78 is 0. The number of aryl methyl sites for hydroxylation is 1. The molecule has 3 aromatic carbocycles. The number of hydrogen-bond acceptors (Lipinski definition) is 5. The smallest absolute Gasteiger partial charge is 0.285 e. The number of nitro groups is 1. The standard InChI is InChI=1S/C21H15N3O3S/c1-13-5-4-8-17(19(13)24(26)27)20(25)23-21-22-18(12-28-21)16-10-9-14-6-2-3-7-15(14)11-16/h2-12H,1H3,(H,22,23,25). The van der Waals surface area contributed by atoms with Crippen molar-refractivity contribution < 1.29 is 9.72 Å². The van der Waals surface area contributed by atoms with Crippen LogP contribution in [0.4, 0.5) is 10.8 Å². The summed E-state index contributed by atoms with van der Waals surface area (Å²) in [5, 5.41) is 18.5. The van der Waals surface area contributed by atoms with Gasteiger partial charge in [-0.05, 0) is 29.8 Å². The minimum absolute atomic E-state index is 0.0208. The van der Waals surface area contributed by atoms with Crippen LogP contribution in [0.25, 0.3) is 22.0 Å². The lowest BCUT2D eigenvalue weighted by molar-refractivity contribution is -0.385. The maximum atomic E-state index is 12.6. The first-order valence-electron chi connectivity index (χ1n) is 8.53. The van der Waals surface area contributed by atoms with Crippen LogP contribution >= 0.6 is 11.3 Å². The van der Waals surface area contributed by atoms with Crippen molar-refractivity contribution in [2.75, 3.05) is 5.32 Å². The first-order chi connectivity index (χ1) is 13.5. The molecule has 1 heterocycles. The van der Waals surface area contributed by atoms with Gasteiger partial charge in [-0.25, -0.2) is 4.98 Å². The molecule has 0 aliphatic heterocycles. The van der Waals surface area contributed by atoms with E-state index >= 15 is 0 Å². The van der Waals surface area contributed by atoms with E-state index in [1.807, 2.05) is 47.8 Å². The number of hydrogen-bond donors (Lipinski definition) is 1. The number of fused-ring (bicyclic) bond motifs is 1. The summed E-state index contributed by atoms with van der Waals surface area (Å²) in [5.74, 6) is -0.546. The van der Waals surface area contributed by atoms with Crippen LogP contribution in [-0.2, 0) is 0 Å². The molecule has 0 aliphatic rings. The van der Waals surface area contributed by atoms with Gasteiger partial charge in [0.05, 0.1) is 10.6 Å². The van der Waals surface area contributed by atoms with Crippen molar-refractivity contribution in [3.8, 4) is 11.3 Å². The zero-order valence-corrected chi connectivity index (χ0v) is 15.7. The third-order valence-electron chi connectivity index (χ3n) is 4.43. The normalized spacial score (nSPS) is 10.8. The van der Waals surface area contributed by atoms with Gasteiger partial charge in [0.25, 0.3) is 11.6 Å². The lowest BCUT2D eigenvalue weighted by Crippen LogP contribution is -2.14. The van der Waals surface area contributed by atoms with Gasteiger partial charge in [-0.3, -0.25) is 20.2 Å². The highest BCUT2D eigenvalue weighted by Crippen LogP contribution is 2.29. The molecule has 0 unspecified atom stereocenters. The number of para-hydroxylation sites is 1. The first-order valence-corrected chi connectivity index (χ1v) is 9.41. The Morgan fingerprint density at radius 2 is 1.86 bits per heavy atom. The molecule has 1 amide bonds. The second kappa shape index (κ2) is 7.21. The fraction of sp³-hybridized carbons (Fsp3) is 0.0476. The van der Waals surface area contributed by atoms with Crippen LogP contribution in [0.2, 0.25) is 0 Å². The molecule has 0 aliphatic carbocycles. The molecule has 0 fully saturated rings. The van der Waals surface area contributed by atoms with E-state index in [2.05, 4.69) is 10.3 Å². The molecule has 0 saturated carbocycles. The van der Waals surface area contributed by atoms with Crippen molar-refractivity contribution >= 4 is 38.8 Å². The molecular weight excluding hydrogens is 374 g/mol. The van der Waals surface area contributed by atoms with Gasteiger partial charge in [0.15, 0.2) is 5.13 Å². The molecule has 1 N–H and O–H groups in total. The van der Waals surface area contributed by atoms with Crippen LogP contribution in [0, 0.1) is 17.0 Å². The molecule has 0 spiro atoms. The van der Waals surface area contributed by atoms with Gasteiger partial charge in [0.1, 0.15) is 5.56 Å². The van der Waals surface area contributed by atoms with Crippen molar-refractivity contribution in [2.24, 2.45) is 0 Å². The minimum Gasteiger partial charge on any atom is -0.298 e. The Hall–Kier alpha value is -3.58. The summed E-state index contributed by atoms with van der Waals surface area (Å²) in [7, 11) is 0. The zero-order chi connectivity index (χ0) is 19.7. The van der Waals surface area contributed by atoms with E-state index in [1.165, 1.54) is 17.4 Å². The molecule has 6 nitrogen and oxygen atoms in total. The predicted molar refractivity (Wildman–Crippen MR) is 111 cm³/mol. The Morgan fingerprint density at radius 3 is 2.64 bits per heavy atom. The highest BCUT2D eigenvalue weighted by molar-refractivity contribution is 7.14. The van der Waals surface area contributed by atoms with Gasteiger partial charge >= 0.3 is 0 Å². The molecule has 4 rings (SSSR count). The molecule has 138 valence electrons. The molecule has 4 aromatic rings. The summed E-state index contributed by atoms with van der Waals surface area (Å²) in [6.07, 6.45) is 0. The highest BCUT2D eigenvalue weighted by Gasteiger charge is 2.23. The first kappa shape index (κ1) is 17.8. The Kier molecular flexibility index (Phi) is 4.58. The number of nitrogens with zero attached hydrogens (tertiary/aromatic N) is 2. The number of thiazole rings is 1. The van der Waals surface area contributed by atoms with Gasteiger partial charge in [0.2, 0.25) is 0 Å². The Morgan fingerprint density at radius 1 is 1.07 bits per heavy atom. The third kappa shape index (κ3) is 3.35. The summed E-state index contributed by atoms with van der Waals surface area (Å²) >= 11 is 1.28. The molecule has 0 bridgehead atoms. The summed E-state index contributed by atoms with van der Waals surface area (Å²) in [5.41, 5.74) is 1.95. The molecule has 0 atom stereocenters. The monoisotopic (exact) mass is 389 g/mol.